The van der Waals surface area contributed by atoms with Crippen LogP contribution in [0, 0.1) is 0 Å². The zero-order valence-electron chi connectivity index (χ0n) is 10.3. The standard InChI is InChI=1S/C12H14N2O3S2/c1-17-6-8(5-15)13-11(16)9-7-19-12(14-9)10-3-2-4-18-10/h2-4,7-8,15H,5-6H2,1H3,(H,13,16). The number of nitrogens with zero attached hydrogens (tertiary/aromatic N) is 1. The van der Waals surface area contributed by atoms with Gasteiger partial charge in [0.15, 0.2) is 0 Å². The number of aliphatic hydroxyl groups excluding tert-OH is 1. The molecule has 1 atom stereocenters. The summed E-state index contributed by atoms with van der Waals surface area (Å²) in [4.78, 5) is 17.3. The van der Waals surface area contributed by atoms with Crippen LogP contribution < -0.4 is 5.32 Å². The average molecular weight is 298 g/mol. The highest BCUT2D eigenvalue weighted by molar-refractivity contribution is 7.20. The summed E-state index contributed by atoms with van der Waals surface area (Å²) in [7, 11) is 1.52. The Balaban J connectivity index is 2.04. The normalized spacial score (nSPS) is 12.3. The van der Waals surface area contributed by atoms with E-state index in [1.54, 1.807) is 16.7 Å². The van der Waals surface area contributed by atoms with Gasteiger partial charge >= 0.3 is 0 Å². The molecule has 1 unspecified atom stereocenters. The number of nitrogens with one attached hydrogen (secondary N) is 1. The molecule has 0 aliphatic rings. The van der Waals surface area contributed by atoms with E-state index in [1.807, 2.05) is 17.5 Å². The number of rotatable bonds is 6. The molecule has 0 saturated carbocycles. The fourth-order valence-corrected chi connectivity index (χ4v) is 3.11. The van der Waals surface area contributed by atoms with E-state index in [-0.39, 0.29) is 19.1 Å². The zero-order chi connectivity index (χ0) is 13.7. The lowest BCUT2D eigenvalue weighted by atomic mass is 10.3. The van der Waals surface area contributed by atoms with Crippen molar-refractivity contribution in [3.05, 3.63) is 28.6 Å². The van der Waals surface area contributed by atoms with Gasteiger partial charge in [0.05, 0.1) is 24.1 Å². The van der Waals surface area contributed by atoms with Crippen LogP contribution in [0.1, 0.15) is 10.5 Å². The molecule has 0 saturated heterocycles. The number of thiazole rings is 1. The van der Waals surface area contributed by atoms with Crippen LogP contribution in [0.5, 0.6) is 0 Å². The van der Waals surface area contributed by atoms with Gasteiger partial charge in [-0.25, -0.2) is 4.98 Å². The third kappa shape index (κ3) is 3.60. The van der Waals surface area contributed by atoms with Crippen molar-refractivity contribution in [1.82, 2.24) is 10.3 Å². The zero-order valence-corrected chi connectivity index (χ0v) is 12.0. The molecule has 7 heteroatoms. The number of methoxy groups -OCH3 is 1. The van der Waals surface area contributed by atoms with Gasteiger partial charge in [0, 0.05) is 12.5 Å². The Morgan fingerprint density at radius 1 is 1.58 bits per heavy atom. The van der Waals surface area contributed by atoms with Gasteiger partial charge in [-0.05, 0) is 11.4 Å². The van der Waals surface area contributed by atoms with Crippen LogP contribution in [-0.2, 0) is 4.74 Å². The van der Waals surface area contributed by atoms with E-state index in [1.165, 1.54) is 18.4 Å². The largest absolute Gasteiger partial charge is 0.394 e. The van der Waals surface area contributed by atoms with Gasteiger partial charge in [-0.3, -0.25) is 4.79 Å². The van der Waals surface area contributed by atoms with Crippen molar-refractivity contribution in [2.24, 2.45) is 0 Å². The van der Waals surface area contributed by atoms with E-state index in [9.17, 15) is 4.79 Å². The smallest absolute Gasteiger partial charge is 0.271 e. The molecule has 2 aromatic heterocycles. The second kappa shape index (κ2) is 6.76. The maximum atomic E-state index is 11.9. The molecular weight excluding hydrogens is 284 g/mol. The van der Waals surface area contributed by atoms with Crippen molar-refractivity contribution < 1.29 is 14.6 Å². The number of aliphatic hydroxyl groups is 1. The molecule has 2 heterocycles. The van der Waals surface area contributed by atoms with Crippen LogP contribution in [0.4, 0.5) is 0 Å². The summed E-state index contributed by atoms with van der Waals surface area (Å²) in [6, 6.07) is 3.50. The van der Waals surface area contributed by atoms with E-state index in [2.05, 4.69) is 10.3 Å². The van der Waals surface area contributed by atoms with Crippen LogP contribution in [0.3, 0.4) is 0 Å². The summed E-state index contributed by atoms with van der Waals surface area (Å²) in [6.45, 7) is 0.103. The van der Waals surface area contributed by atoms with Gasteiger partial charge in [0.25, 0.3) is 5.91 Å². The summed E-state index contributed by atoms with van der Waals surface area (Å²) in [5, 5.41) is 16.3. The number of carbonyl (C=O) groups excluding carboxylic acids is 1. The molecule has 2 rings (SSSR count). The van der Waals surface area contributed by atoms with Gasteiger partial charge < -0.3 is 15.2 Å². The summed E-state index contributed by atoms with van der Waals surface area (Å²) >= 11 is 3.01. The van der Waals surface area contributed by atoms with Crippen molar-refractivity contribution in [2.75, 3.05) is 20.3 Å². The maximum Gasteiger partial charge on any atom is 0.271 e. The molecule has 0 aromatic carbocycles. The van der Waals surface area contributed by atoms with E-state index in [0.717, 1.165) is 9.88 Å². The molecule has 0 aliphatic heterocycles. The Morgan fingerprint density at radius 3 is 3.05 bits per heavy atom. The molecule has 0 aliphatic carbocycles. The number of aromatic nitrogens is 1. The van der Waals surface area contributed by atoms with Crippen molar-refractivity contribution in [2.45, 2.75) is 6.04 Å². The van der Waals surface area contributed by atoms with Gasteiger partial charge in [-0.1, -0.05) is 6.07 Å². The molecule has 0 radical (unpaired) electrons. The third-order valence-corrected chi connectivity index (χ3v) is 4.27. The van der Waals surface area contributed by atoms with Gasteiger partial charge in [-0.15, -0.1) is 22.7 Å². The number of ether oxygens (including phenoxy) is 1. The topological polar surface area (TPSA) is 71.5 Å². The second-order valence-corrected chi connectivity index (χ2v) is 5.63. The van der Waals surface area contributed by atoms with E-state index in [4.69, 9.17) is 9.84 Å². The lowest BCUT2D eigenvalue weighted by molar-refractivity contribution is 0.0836. The second-order valence-electron chi connectivity index (χ2n) is 3.82. The maximum absolute atomic E-state index is 11.9. The molecule has 2 N–H and O–H groups in total. The molecule has 0 fully saturated rings. The quantitative estimate of drug-likeness (QED) is 0.850. The monoisotopic (exact) mass is 298 g/mol. The first-order valence-electron chi connectivity index (χ1n) is 5.64. The summed E-state index contributed by atoms with van der Waals surface area (Å²) in [6.07, 6.45) is 0. The summed E-state index contributed by atoms with van der Waals surface area (Å²) < 4.78 is 4.90. The SMILES string of the molecule is COCC(CO)NC(=O)c1csc(-c2cccs2)n1. The molecule has 0 bridgehead atoms. The fraction of sp³-hybridized carbons (Fsp3) is 0.333. The molecule has 1 amide bonds. The summed E-state index contributed by atoms with van der Waals surface area (Å²) in [5.41, 5.74) is 0.364. The van der Waals surface area contributed by atoms with Crippen LogP contribution in [0.25, 0.3) is 9.88 Å². The predicted octanol–water partition coefficient (Wildman–Crippen LogP) is 1.61. The molecular formula is C12H14N2O3S2. The Morgan fingerprint density at radius 2 is 2.42 bits per heavy atom. The minimum Gasteiger partial charge on any atom is -0.394 e. The Bertz CT molecular complexity index is 525. The first-order chi connectivity index (χ1) is 9.24. The van der Waals surface area contributed by atoms with Crippen molar-refractivity contribution >= 4 is 28.6 Å². The molecule has 0 spiro atoms. The Kier molecular flexibility index (Phi) is 5.03. The summed E-state index contributed by atoms with van der Waals surface area (Å²) in [5.74, 6) is -0.296. The molecule has 5 nitrogen and oxygen atoms in total. The Labute approximate surface area is 118 Å². The van der Waals surface area contributed by atoms with E-state index >= 15 is 0 Å². The highest BCUT2D eigenvalue weighted by Crippen LogP contribution is 2.27. The van der Waals surface area contributed by atoms with Gasteiger partial charge in [0.1, 0.15) is 10.7 Å². The average Bonchev–Trinajstić information content (AvgIpc) is 3.08. The highest BCUT2D eigenvalue weighted by atomic mass is 32.1. The third-order valence-electron chi connectivity index (χ3n) is 2.39. The minimum atomic E-state index is -0.413. The minimum absolute atomic E-state index is 0.165. The number of carbonyl (C=O) groups is 1. The number of hydrogen-bond acceptors (Lipinski definition) is 6. The number of amides is 1. The van der Waals surface area contributed by atoms with Crippen molar-refractivity contribution in [3.63, 3.8) is 0 Å². The van der Waals surface area contributed by atoms with E-state index < -0.39 is 6.04 Å². The van der Waals surface area contributed by atoms with Gasteiger partial charge in [-0.2, -0.15) is 0 Å². The molecule has 102 valence electrons. The number of thiophene rings is 1. The lowest BCUT2D eigenvalue weighted by Gasteiger charge is -2.13. The van der Waals surface area contributed by atoms with Crippen molar-refractivity contribution in [1.29, 1.82) is 0 Å². The first-order valence-corrected chi connectivity index (χ1v) is 7.40. The van der Waals surface area contributed by atoms with Crippen LogP contribution in [-0.4, -0.2) is 42.4 Å². The van der Waals surface area contributed by atoms with Crippen LogP contribution in [0.15, 0.2) is 22.9 Å². The van der Waals surface area contributed by atoms with Crippen molar-refractivity contribution in [3.8, 4) is 9.88 Å². The highest BCUT2D eigenvalue weighted by Gasteiger charge is 2.16. The Hall–Kier alpha value is -1.28. The first kappa shape index (κ1) is 14.1. The molecule has 2 aromatic rings. The van der Waals surface area contributed by atoms with Crippen LogP contribution >= 0.6 is 22.7 Å². The predicted molar refractivity (Wildman–Crippen MR) is 75.6 cm³/mol. The van der Waals surface area contributed by atoms with Gasteiger partial charge in [0.2, 0.25) is 0 Å². The number of hydrogen-bond donors (Lipinski definition) is 2. The van der Waals surface area contributed by atoms with E-state index in [0.29, 0.717) is 5.69 Å². The lowest BCUT2D eigenvalue weighted by Crippen LogP contribution is -2.40. The van der Waals surface area contributed by atoms with Crippen LogP contribution in [0.2, 0.25) is 0 Å². The fourth-order valence-electron chi connectivity index (χ4n) is 1.49. The molecule has 19 heavy (non-hydrogen) atoms.